The summed E-state index contributed by atoms with van der Waals surface area (Å²) >= 11 is 0. The Labute approximate surface area is 69.6 Å². The standard InChI is InChI=1S/C9H9FN2/c1-6-7-3-4-12(2)9(7)8(10)5-11-6/h3-5H,1-2H3. The zero-order chi connectivity index (χ0) is 8.72. The van der Waals surface area contributed by atoms with Crippen molar-refractivity contribution in [3.63, 3.8) is 0 Å². The van der Waals surface area contributed by atoms with Crippen molar-refractivity contribution in [3.05, 3.63) is 30.0 Å². The monoisotopic (exact) mass is 164 g/mol. The molecule has 0 atom stereocenters. The third kappa shape index (κ3) is 0.826. The lowest BCUT2D eigenvalue weighted by Gasteiger charge is -1.99. The molecule has 62 valence electrons. The maximum atomic E-state index is 13.2. The van der Waals surface area contributed by atoms with E-state index in [1.807, 2.05) is 26.2 Å². The molecule has 2 nitrogen and oxygen atoms in total. The van der Waals surface area contributed by atoms with Gasteiger partial charge in [-0.05, 0) is 13.0 Å². The molecule has 0 aromatic carbocycles. The highest BCUT2D eigenvalue weighted by molar-refractivity contribution is 5.82. The molecule has 0 saturated heterocycles. The number of aryl methyl sites for hydroxylation is 2. The molecular weight excluding hydrogens is 155 g/mol. The molecule has 0 aliphatic rings. The first-order valence-electron chi connectivity index (χ1n) is 3.76. The topological polar surface area (TPSA) is 17.8 Å². The van der Waals surface area contributed by atoms with Crippen molar-refractivity contribution in [2.75, 3.05) is 0 Å². The van der Waals surface area contributed by atoms with Gasteiger partial charge in [-0.1, -0.05) is 0 Å². The van der Waals surface area contributed by atoms with E-state index in [0.29, 0.717) is 5.52 Å². The van der Waals surface area contributed by atoms with Gasteiger partial charge >= 0.3 is 0 Å². The van der Waals surface area contributed by atoms with Crippen molar-refractivity contribution in [2.45, 2.75) is 6.92 Å². The predicted octanol–water partition coefficient (Wildman–Crippen LogP) is 2.02. The summed E-state index contributed by atoms with van der Waals surface area (Å²) in [6.07, 6.45) is 3.10. The second-order valence-electron chi connectivity index (χ2n) is 2.88. The van der Waals surface area contributed by atoms with Crippen LogP contribution in [0.5, 0.6) is 0 Å². The normalized spacial score (nSPS) is 10.9. The molecular formula is C9H9FN2. The van der Waals surface area contributed by atoms with Crippen LogP contribution in [0.15, 0.2) is 18.5 Å². The number of hydrogen-bond donors (Lipinski definition) is 0. The fourth-order valence-corrected chi connectivity index (χ4v) is 1.40. The van der Waals surface area contributed by atoms with Gasteiger partial charge in [-0.2, -0.15) is 0 Å². The molecule has 2 heterocycles. The molecule has 0 saturated carbocycles. The van der Waals surface area contributed by atoms with Gasteiger partial charge < -0.3 is 4.57 Å². The number of rotatable bonds is 0. The Bertz CT molecular complexity index is 431. The van der Waals surface area contributed by atoms with E-state index in [0.717, 1.165) is 11.1 Å². The lowest BCUT2D eigenvalue weighted by Crippen LogP contribution is -1.91. The highest BCUT2D eigenvalue weighted by atomic mass is 19.1. The summed E-state index contributed by atoms with van der Waals surface area (Å²) < 4.78 is 14.9. The van der Waals surface area contributed by atoms with Crippen molar-refractivity contribution in [1.82, 2.24) is 9.55 Å². The Morgan fingerprint density at radius 2 is 2.25 bits per heavy atom. The number of hydrogen-bond acceptors (Lipinski definition) is 1. The first kappa shape index (κ1) is 7.28. The highest BCUT2D eigenvalue weighted by Crippen LogP contribution is 2.19. The lowest BCUT2D eigenvalue weighted by molar-refractivity contribution is 0.625. The predicted molar refractivity (Wildman–Crippen MR) is 45.4 cm³/mol. The Kier molecular flexibility index (Phi) is 1.40. The van der Waals surface area contributed by atoms with Crippen LogP contribution in [0, 0.1) is 12.7 Å². The van der Waals surface area contributed by atoms with Crippen LogP contribution in [0.3, 0.4) is 0 Å². The van der Waals surface area contributed by atoms with Crippen LogP contribution in [0.2, 0.25) is 0 Å². The Morgan fingerprint density at radius 3 is 2.92 bits per heavy atom. The second kappa shape index (κ2) is 2.30. The van der Waals surface area contributed by atoms with Crippen LogP contribution >= 0.6 is 0 Å². The van der Waals surface area contributed by atoms with Gasteiger partial charge in [0.05, 0.1) is 11.7 Å². The van der Waals surface area contributed by atoms with Crippen LogP contribution in [-0.2, 0) is 7.05 Å². The zero-order valence-corrected chi connectivity index (χ0v) is 7.00. The first-order chi connectivity index (χ1) is 5.70. The van der Waals surface area contributed by atoms with Crippen molar-refractivity contribution < 1.29 is 4.39 Å². The molecule has 2 rings (SSSR count). The summed E-state index contributed by atoms with van der Waals surface area (Å²) in [7, 11) is 1.82. The van der Waals surface area contributed by atoms with E-state index < -0.39 is 0 Å². The number of aromatic nitrogens is 2. The largest absolute Gasteiger partial charge is 0.348 e. The van der Waals surface area contributed by atoms with Gasteiger partial charge in [0.15, 0.2) is 5.82 Å². The molecule has 0 spiro atoms. The highest BCUT2D eigenvalue weighted by Gasteiger charge is 2.06. The molecule has 0 fully saturated rings. The van der Waals surface area contributed by atoms with Crippen LogP contribution in [0.25, 0.3) is 10.9 Å². The van der Waals surface area contributed by atoms with E-state index in [9.17, 15) is 4.39 Å². The van der Waals surface area contributed by atoms with E-state index in [1.54, 1.807) is 4.57 Å². The van der Waals surface area contributed by atoms with Gasteiger partial charge in [0, 0.05) is 24.3 Å². The minimum Gasteiger partial charge on any atom is -0.348 e. The molecule has 2 aromatic heterocycles. The lowest BCUT2D eigenvalue weighted by atomic mass is 10.2. The van der Waals surface area contributed by atoms with Crippen LogP contribution < -0.4 is 0 Å². The fraction of sp³-hybridized carbons (Fsp3) is 0.222. The van der Waals surface area contributed by atoms with E-state index in [4.69, 9.17) is 0 Å². The van der Waals surface area contributed by atoms with Gasteiger partial charge in [-0.15, -0.1) is 0 Å². The van der Waals surface area contributed by atoms with Crippen LogP contribution in [0.4, 0.5) is 4.39 Å². The Morgan fingerprint density at radius 1 is 1.50 bits per heavy atom. The third-order valence-electron chi connectivity index (χ3n) is 2.06. The van der Waals surface area contributed by atoms with Crippen molar-refractivity contribution in [1.29, 1.82) is 0 Å². The van der Waals surface area contributed by atoms with Gasteiger partial charge in [0.1, 0.15) is 0 Å². The third-order valence-corrected chi connectivity index (χ3v) is 2.06. The zero-order valence-electron chi connectivity index (χ0n) is 7.00. The number of fused-ring (bicyclic) bond motifs is 1. The summed E-state index contributed by atoms with van der Waals surface area (Å²) in [6.45, 7) is 1.88. The minimum absolute atomic E-state index is 0.261. The molecule has 12 heavy (non-hydrogen) atoms. The van der Waals surface area contributed by atoms with Gasteiger partial charge in [-0.3, -0.25) is 4.98 Å². The van der Waals surface area contributed by atoms with Gasteiger partial charge in [-0.25, -0.2) is 4.39 Å². The average molecular weight is 164 g/mol. The number of halogens is 1. The van der Waals surface area contributed by atoms with Gasteiger partial charge in [0.2, 0.25) is 0 Å². The molecule has 2 aromatic rings. The summed E-state index contributed by atoms with van der Waals surface area (Å²) in [6, 6.07) is 1.88. The minimum atomic E-state index is -0.261. The van der Waals surface area contributed by atoms with E-state index in [1.165, 1.54) is 6.20 Å². The summed E-state index contributed by atoms with van der Waals surface area (Å²) in [5, 5.41) is 0.887. The first-order valence-corrected chi connectivity index (χ1v) is 3.76. The molecule has 0 bridgehead atoms. The molecule has 0 aliphatic heterocycles. The summed E-state index contributed by atoms with van der Waals surface area (Å²) in [5.74, 6) is -0.261. The SMILES string of the molecule is Cc1ncc(F)c2c1ccn2C. The smallest absolute Gasteiger partial charge is 0.165 e. The number of nitrogens with zero attached hydrogens (tertiary/aromatic N) is 2. The van der Waals surface area contributed by atoms with E-state index >= 15 is 0 Å². The molecule has 3 heteroatoms. The average Bonchev–Trinajstić information content (AvgIpc) is 2.42. The van der Waals surface area contributed by atoms with Crippen LogP contribution in [-0.4, -0.2) is 9.55 Å². The molecule has 0 aliphatic carbocycles. The quantitative estimate of drug-likeness (QED) is 0.582. The molecule has 0 N–H and O–H groups in total. The van der Waals surface area contributed by atoms with Gasteiger partial charge in [0.25, 0.3) is 0 Å². The second-order valence-corrected chi connectivity index (χ2v) is 2.88. The van der Waals surface area contributed by atoms with E-state index in [-0.39, 0.29) is 5.82 Å². The molecule has 0 unspecified atom stereocenters. The van der Waals surface area contributed by atoms with Crippen molar-refractivity contribution >= 4 is 10.9 Å². The van der Waals surface area contributed by atoms with Crippen LogP contribution in [0.1, 0.15) is 5.69 Å². The number of pyridine rings is 1. The Hall–Kier alpha value is -1.38. The van der Waals surface area contributed by atoms with E-state index in [2.05, 4.69) is 4.98 Å². The fourth-order valence-electron chi connectivity index (χ4n) is 1.40. The maximum Gasteiger partial charge on any atom is 0.165 e. The summed E-state index contributed by atoms with van der Waals surface area (Å²) in [4.78, 5) is 3.93. The molecule has 0 amide bonds. The maximum absolute atomic E-state index is 13.2. The molecule has 0 radical (unpaired) electrons. The van der Waals surface area contributed by atoms with Crippen molar-refractivity contribution in [2.24, 2.45) is 7.05 Å². The Balaban J connectivity index is 2.98. The van der Waals surface area contributed by atoms with Crippen molar-refractivity contribution in [3.8, 4) is 0 Å². The summed E-state index contributed by atoms with van der Waals surface area (Å²) in [5.41, 5.74) is 1.49.